The molecule has 4 rings (SSSR count). The molecule has 0 saturated carbocycles. The fourth-order valence-electron chi connectivity index (χ4n) is 4.27. The van der Waals surface area contributed by atoms with E-state index < -0.39 is 0 Å². The van der Waals surface area contributed by atoms with E-state index in [-0.39, 0.29) is 24.3 Å². The Hall–Kier alpha value is -4.10. The minimum Gasteiger partial charge on any atom is -0.495 e. The summed E-state index contributed by atoms with van der Waals surface area (Å²) in [6.07, 6.45) is 3.80. The number of fused-ring (bicyclic) bond motifs is 1. The Labute approximate surface area is 224 Å². The minimum absolute atomic E-state index is 0.0640. The number of anilines is 2. The van der Waals surface area contributed by atoms with E-state index in [0.717, 1.165) is 33.2 Å². The Bertz CT molecular complexity index is 1400. The molecule has 7 heteroatoms. The van der Waals surface area contributed by atoms with Crippen molar-refractivity contribution in [1.82, 2.24) is 5.32 Å². The summed E-state index contributed by atoms with van der Waals surface area (Å²) in [6, 6.07) is 17.4. The zero-order valence-corrected chi connectivity index (χ0v) is 22.7. The number of aliphatic imine (C=N–C) groups is 1. The average molecular weight is 513 g/mol. The Morgan fingerprint density at radius 3 is 2.55 bits per heavy atom. The monoisotopic (exact) mass is 512 g/mol. The first-order valence-corrected chi connectivity index (χ1v) is 12.7. The number of hydrogen-bond acceptors (Lipinski definition) is 5. The first-order chi connectivity index (χ1) is 18.2. The fraction of sp³-hybridized carbons (Fsp3) is 0.290. The van der Waals surface area contributed by atoms with Gasteiger partial charge in [-0.25, -0.2) is 4.79 Å². The molecule has 0 saturated heterocycles. The molecule has 0 fully saturated rings. The molecule has 3 aromatic rings. The van der Waals surface area contributed by atoms with Crippen molar-refractivity contribution in [2.45, 2.75) is 39.2 Å². The fourth-order valence-corrected chi connectivity index (χ4v) is 4.27. The van der Waals surface area contributed by atoms with Crippen molar-refractivity contribution in [3.8, 4) is 5.75 Å². The molecule has 0 radical (unpaired) electrons. The summed E-state index contributed by atoms with van der Waals surface area (Å²) in [5.74, 6) is 0.602. The van der Waals surface area contributed by atoms with Gasteiger partial charge in [0.25, 0.3) is 0 Å². The number of carbonyl (C=O) groups excluding carboxylic acids is 1. The van der Waals surface area contributed by atoms with Crippen molar-refractivity contribution in [2.75, 3.05) is 31.0 Å². The van der Waals surface area contributed by atoms with Crippen LogP contribution >= 0.6 is 0 Å². The van der Waals surface area contributed by atoms with Crippen LogP contribution in [0.1, 0.15) is 38.8 Å². The maximum Gasteiger partial charge on any atom is 0.323 e. The summed E-state index contributed by atoms with van der Waals surface area (Å²) in [5, 5.41) is 11.2. The van der Waals surface area contributed by atoms with Gasteiger partial charge in [0.1, 0.15) is 12.5 Å². The van der Waals surface area contributed by atoms with Crippen LogP contribution < -0.4 is 20.7 Å². The zero-order chi connectivity index (χ0) is 27.3. The van der Waals surface area contributed by atoms with E-state index in [1.54, 1.807) is 7.11 Å². The lowest BCUT2D eigenvalue weighted by molar-refractivity contribution is 0.0929. The maximum atomic E-state index is 13.1. The number of benzene rings is 3. The van der Waals surface area contributed by atoms with Gasteiger partial charge in [-0.05, 0) is 52.6 Å². The predicted molar refractivity (Wildman–Crippen MR) is 157 cm³/mol. The second-order valence-electron chi connectivity index (χ2n) is 10.3. The van der Waals surface area contributed by atoms with Crippen LogP contribution in [-0.4, -0.2) is 38.7 Å². The topological polar surface area (TPSA) is 84.0 Å². The highest BCUT2D eigenvalue weighted by Crippen LogP contribution is 2.33. The van der Waals surface area contributed by atoms with Crippen LogP contribution in [0.4, 0.5) is 16.2 Å². The number of urea groups is 1. The highest BCUT2D eigenvalue weighted by atomic mass is 16.5. The highest BCUT2D eigenvalue weighted by Gasteiger charge is 2.18. The Morgan fingerprint density at radius 1 is 1.08 bits per heavy atom. The molecule has 0 bridgehead atoms. The second-order valence-corrected chi connectivity index (χ2v) is 10.3. The molecule has 198 valence electrons. The van der Waals surface area contributed by atoms with Gasteiger partial charge in [-0.15, -0.1) is 0 Å². The van der Waals surface area contributed by atoms with Crippen LogP contribution in [0.3, 0.4) is 0 Å². The number of carbonyl (C=O) groups is 1. The smallest absolute Gasteiger partial charge is 0.323 e. The van der Waals surface area contributed by atoms with E-state index >= 15 is 0 Å². The number of nitrogens with one attached hydrogen (secondary N) is 3. The lowest BCUT2D eigenvalue weighted by Gasteiger charge is -2.21. The molecular formula is C31H36N4O3. The first-order valence-electron chi connectivity index (χ1n) is 12.7. The highest BCUT2D eigenvalue weighted by molar-refractivity contribution is 6.17. The molecule has 2 amide bonds. The molecule has 38 heavy (non-hydrogen) atoms. The van der Waals surface area contributed by atoms with Gasteiger partial charge in [0.15, 0.2) is 0 Å². The summed E-state index contributed by atoms with van der Waals surface area (Å²) in [6.45, 7) is 13.2. The van der Waals surface area contributed by atoms with Crippen molar-refractivity contribution in [3.63, 3.8) is 0 Å². The van der Waals surface area contributed by atoms with Crippen molar-refractivity contribution in [2.24, 2.45) is 4.99 Å². The lowest BCUT2D eigenvalue weighted by Crippen LogP contribution is -2.24. The van der Waals surface area contributed by atoms with E-state index in [1.165, 1.54) is 0 Å². The number of allylic oxidation sites excluding steroid dienone is 1. The molecule has 1 aliphatic heterocycles. The number of hydrogen-bond donors (Lipinski definition) is 3. The maximum absolute atomic E-state index is 13.1. The van der Waals surface area contributed by atoms with Gasteiger partial charge in [0.05, 0.1) is 24.6 Å². The normalized spacial score (nSPS) is 18.6. The van der Waals surface area contributed by atoms with Crippen LogP contribution in [0.15, 0.2) is 77.9 Å². The molecule has 1 heterocycles. The third-order valence-electron chi connectivity index (χ3n) is 6.57. The molecule has 7 nitrogen and oxygen atoms in total. The standard InChI is InChI=1S/C31H36N4O3/c1-20-21(2)38-19-32-18-22(15-16-33-20)24-12-13-27(26-10-8-7-9-25(24)26)34-30(36)35-28-17-23(31(3,4)5)11-14-29(28)37-6/h7-15,17-18,21,33H,1,16,19H2,2-6H3,(H2,34,35,36)/b22-15+,32-18-. The first kappa shape index (κ1) is 26.9. The van der Waals surface area contributed by atoms with Crippen LogP contribution in [0.2, 0.25) is 0 Å². The van der Waals surface area contributed by atoms with Gasteiger partial charge in [-0.2, -0.15) is 0 Å². The third kappa shape index (κ3) is 6.23. The summed E-state index contributed by atoms with van der Waals surface area (Å²) in [4.78, 5) is 17.6. The number of ether oxygens (including phenoxy) is 2. The second kappa shape index (κ2) is 11.5. The Morgan fingerprint density at radius 2 is 1.82 bits per heavy atom. The number of nitrogens with zero attached hydrogens (tertiary/aromatic N) is 1. The summed E-state index contributed by atoms with van der Waals surface area (Å²) < 4.78 is 11.2. The summed E-state index contributed by atoms with van der Waals surface area (Å²) >= 11 is 0. The number of rotatable bonds is 4. The molecular weight excluding hydrogens is 476 g/mol. The van der Waals surface area contributed by atoms with Crippen LogP contribution in [0.25, 0.3) is 16.3 Å². The predicted octanol–water partition coefficient (Wildman–Crippen LogP) is 6.72. The molecule has 1 aliphatic rings. The number of amides is 2. The SMILES string of the molecule is C=C1NC/C=C(c2ccc(NC(=O)Nc3cc(C(C)(C)C)ccc3OC)c3ccccc23)\C=N/COC1C. The number of methoxy groups -OCH3 is 1. The molecule has 3 N–H and O–H groups in total. The van der Waals surface area contributed by atoms with E-state index in [1.807, 2.05) is 67.7 Å². The van der Waals surface area contributed by atoms with Crippen LogP contribution in [-0.2, 0) is 10.2 Å². The largest absolute Gasteiger partial charge is 0.495 e. The van der Waals surface area contributed by atoms with Crippen LogP contribution in [0, 0.1) is 0 Å². The average Bonchev–Trinajstić information content (AvgIpc) is 2.89. The quantitative estimate of drug-likeness (QED) is 0.362. The van der Waals surface area contributed by atoms with Gasteiger partial charge in [0.2, 0.25) is 0 Å². The summed E-state index contributed by atoms with van der Waals surface area (Å²) in [7, 11) is 1.59. The van der Waals surface area contributed by atoms with Crippen molar-refractivity contribution < 1.29 is 14.3 Å². The van der Waals surface area contributed by atoms with Gasteiger partial charge < -0.3 is 25.4 Å². The molecule has 1 unspecified atom stereocenters. The molecule has 0 spiro atoms. The van der Waals surface area contributed by atoms with E-state index in [4.69, 9.17) is 9.47 Å². The van der Waals surface area contributed by atoms with E-state index in [2.05, 4.69) is 54.4 Å². The van der Waals surface area contributed by atoms with Crippen molar-refractivity contribution in [3.05, 3.63) is 84.1 Å². The van der Waals surface area contributed by atoms with E-state index in [9.17, 15) is 4.79 Å². The van der Waals surface area contributed by atoms with E-state index in [0.29, 0.717) is 23.7 Å². The lowest BCUT2D eigenvalue weighted by atomic mass is 9.87. The van der Waals surface area contributed by atoms with Crippen molar-refractivity contribution >= 4 is 40.0 Å². The van der Waals surface area contributed by atoms with Gasteiger partial charge >= 0.3 is 6.03 Å². The Balaban J connectivity index is 1.62. The van der Waals surface area contributed by atoms with Crippen LogP contribution in [0.5, 0.6) is 5.75 Å². The third-order valence-corrected chi connectivity index (χ3v) is 6.57. The molecule has 1 atom stereocenters. The summed E-state index contributed by atoms with van der Waals surface area (Å²) in [5.41, 5.74) is 5.14. The van der Waals surface area contributed by atoms with Crippen molar-refractivity contribution in [1.29, 1.82) is 0 Å². The molecule has 0 aliphatic carbocycles. The van der Waals surface area contributed by atoms with Gasteiger partial charge in [-0.3, -0.25) is 4.99 Å². The molecule has 0 aromatic heterocycles. The minimum atomic E-state index is -0.347. The molecule has 3 aromatic carbocycles. The van der Waals surface area contributed by atoms with Gasteiger partial charge in [0, 0.05) is 23.8 Å². The Kier molecular flexibility index (Phi) is 8.17. The van der Waals surface area contributed by atoms with Gasteiger partial charge in [-0.1, -0.05) is 69.8 Å². The zero-order valence-electron chi connectivity index (χ0n) is 22.7.